The Labute approximate surface area is 152 Å². The molecule has 0 saturated carbocycles. The molecule has 0 bridgehead atoms. The fraction of sp³-hybridized carbons (Fsp3) is 0.125. The molecule has 0 atom stereocenters. The highest BCUT2D eigenvalue weighted by atomic mass is 35.5. The van der Waals surface area contributed by atoms with Crippen LogP contribution in [0, 0.1) is 17.0 Å². The van der Waals surface area contributed by atoms with Gasteiger partial charge in [-0.25, -0.2) is 4.79 Å². The van der Waals surface area contributed by atoms with Gasteiger partial charge in [0.15, 0.2) is 6.61 Å². The van der Waals surface area contributed by atoms with Crippen LogP contribution in [0.3, 0.4) is 0 Å². The first-order valence-corrected chi connectivity index (χ1v) is 7.72. The third-order valence-corrected chi connectivity index (χ3v) is 3.91. The SMILES string of the molecule is Cc1c(C(=O)OCC(=O)Nc2c(Cl)cccc2Cl)cccc1[N+](=O)[O-]. The van der Waals surface area contributed by atoms with E-state index < -0.39 is 23.4 Å². The first-order valence-electron chi connectivity index (χ1n) is 6.96. The molecule has 0 heterocycles. The molecule has 2 aromatic rings. The standard InChI is InChI=1S/C16H12Cl2N2O5/c1-9-10(4-2-7-13(9)20(23)24)16(22)25-8-14(21)19-15-11(17)5-3-6-12(15)18/h2-7H,8H2,1H3,(H,19,21). The van der Waals surface area contributed by atoms with Gasteiger partial charge in [-0.1, -0.05) is 35.3 Å². The molecule has 0 radical (unpaired) electrons. The van der Waals surface area contributed by atoms with Crippen molar-refractivity contribution in [2.24, 2.45) is 0 Å². The van der Waals surface area contributed by atoms with Gasteiger partial charge in [0.1, 0.15) is 0 Å². The molecule has 2 aromatic carbocycles. The molecular formula is C16H12Cl2N2O5. The normalized spacial score (nSPS) is 10.2. The number of nitro groups is 1. The highest BCUT2D eigenvalue weighted by Crippen LogP contribution is 2.29. The maximum atomic E-state index is 12.1. The predicted octanol–water partition coefficient (Wildman–Crippen LogP) is 4.01. The van der Waals surface area contributed by atoms with Crippen LogP contribution < -0.4 is 5.32 Å². The van der Waals surface area contributed by atoms with E-state index in [4.69, 9.17) is 27.9 Å². The fourth-order valence-corrected chi connectivity index (χ4v) is 2.54. The number of para-hydroxylation sites is 1. The largest absolute Gasteiger partial charge is 0.452 e. The van der Waals surface area contributed by atoms with Crippen molar-refractivity contribution < 1.29 is 19.2 Å². The third-order valence-electron chi connectivity index (χ3n) is 3.28. The number of amides is 1. The van der Waals surface area contributed by atoms with Crippen LogP contribution in [0.2, 0.25) is 10.0 Å². The Balaban J connectivity index is 2.04. The quantitative estimate of drug-likeness (QED) is 0.478. The number of hydrogen-bond acceptors (Lipinski definition) is 5. The molecule has 9 heteroatoms. The Kier molecular flexibility index (Phi) is 5.95. The summed E-state index contributed by atoms with van der Waals surface area (Å²) in [5.74, 6) is -1.49. The Morgan fingerprint density at radius 2 is 1.76 bits per heavy atom. The summed E-state index contributed by atoms with van der Waals surface area (Å²) < 4.78 is 4.90. The van der Waals surface area contributed by atoms with E-state index in [1.54, 1.807) is 18.2 Å². The molecule has 0 aliphatic rings. The molecule has 0 aromatic heterocycles. The van der Waals surface area contributed by atoms with Crippen LogP contribution in [0.4, 0.5) is 11.4 Å². The molecule has 130 valence electrons. The van der Waals surface area contributed by atoms with E-state index in [0.717, 1.165) is 0 Å². The van der Waals surface area contributed by atoms with Gasteiger partial charge in [0.2, 0.25) is 0 Å². The molecule has 7 nitrogen and oxygen atoms in total. The van der Waals surface area contributed by atoms with Crippen molar-refractivity contribution in [3.05, 3.63) is 67.7 Å². The van der Waals surface area contributed by atoms with Crippen molar-refractivity contribution in [3.63, 3.8) is 0 Å². The number of nitrogens with one attached hydrogen (secondary N) is 1. The number of nitrogens with zero attached hydrogens (tertiary/aromatic N) is 1. The minimum atomic E-state index is -0.846. The summed E-state index contributed by atoms with van der Waals surface area (Å²) in [6.45, 7) is 0.834. The second-order valence-electron chi connectivity index (χ2n) is 4.93. The topological polar surface area (TPSA) is 98.5 Å². The van der Waals surface area contributed by atoms with Gasteiger partial charge < -0.3 is 10.1 Å². The summed E-state index contributed by atoms with van der Waals surface area (Å²) >= 11 is 11.9. The van der Waals surface area contributed by atoms with E-state index in [2.05, 4.69) is 5.32 Å². The van der Waals surface area contributed by atoms with Crippen LogP contribution in [-0.2, 0) is 9.53 Å². The number of ether oxygens (including phenoxy) is 1. The molecule has 2 rings (SSSR count). The molecule has 0 unspecified atom stereocenters. The number of nitro benzene ring substituents is 1. The minimum absolute atomic E-state index is 0.0118. The zero-order valence-corrected chi connectivity index (χ0v) is 14.4. The average Bonchev–Trinajstić information content (AvgIpc) is 2.56. The van der Waals surface area contributed by atoms with Crippen molar-refractivity contribution in [3.8, 4) is 0 Å². The van der Waals surface area contributed by atoms with Crippen molar-refractivity contribution in [1.82, 2.24) is 0 Å². The zero-order chi connectivity index (χ0) is 18.6. The van der Waals surface area contributed by atoms with Crippen LogP contribution in [-0.4, -0.2) is 23.4 Å². The summed E-state index contributed by atoms with van der Waals surface area (Å²) in [5.41, 5.74) is 0.171. The predicted molar refractivity (Wildman–Crippen MR) is 93.2 cm³/mol. The lowest BCUT2D eigenvalue weighted by Gasteiger charge is -2.10. The van der Waals surface area contributed by atoms with Crippen molar-refractivity contribution in [2.75, 3.05) is 11.9 Å². The Morgan fingerprint density at radius 1 is 1.16 bits per heavy atom. The smallest absolute Gasteiger partial charge is 0.339 e. The number of rotatable bonds is 5. The Bertz CT molecular complexity index is 834. The van der Waals surface area contributed by atoms with Crippen LogP contribution >= 0.6 is 23.2 Å². The van der Waals surface area contributed by atoms with Gasteiger partial charge in [0, 0.05) is 11.6 Å². The number of hydrogen-bond donors (Lipinski definition) is 1. The molecule has 0 fully saturated rings. The molecule has 0 spiro atoms. The third kappa shape index (κ3) is 4.46. The Morgan fingerprint density at radius 3 is 2.36 bits per heavy atom. The number of esters is 1. The maximum absolute atomic E-state index is 12.1. The second-order valence-corrected chi connectivity index (χ2v) is 5.74. The fourth-order valence-electron chi connectivity index (χ4n) is 2.04. The molecule has 0 saturated heterocycles. The van der Waals surface area contributed by atoms with Gasteiger partial charge in [-0.05, 0) is 25.1 Å². The maximum Gasteiger partial charge on any atom is 0.339 e. The summed E-state index contributed by atoms with van der Waals surface area (Å²) in [4.78, 5) is 34.2. The number of anilines is 1. The van der Waals surface area contributed by atoms with Gasteiger partial charge >= 0.3 is 5.97 Å². The van der Waals surface area contributed by atoms with Gasteiger partial charge in [-0.2, -0.15) is 0 Å². The molecule has 0 aliphatic heterocycles. The van der Waals surface area contributed by atoms with Crippen molar-refractivity contribution >= 4 is 46.5 Å². The molecule has 1 amide bonds. The van der Waals surface area contributed by atoms with Crippen LogP contribution in [0.5, 0.6) is 0 Å². The highest BCUT2D eigenvalue weighted by Gasteiger charge is 2.20. The van der Waals surface area contributed by atoms with E-state index in [1.807, 2.05) is 0 Å². The molecule has 1 N–H and O–H groups in total. The van der Waals surface area contributed by atoms with Crippen molar-refractivity contribution in [2.45, 2.75) is 6.92 Å². The molecular weight excluding hydrogens is 371 g/mol. The summed E-state index contributed by atoms with van der Waals surface area (Å²) in [6, 6.07) is 8.73. The lowest BCUT2D eigenvalue weighted by atomic mass is 10.1. The van der Waals surface area contributed by atoms with E-state index in [9.17, 15) is 19.7 Å². The van der Waals surface area contributed by atoms with Crippen LogP contribution in [0.25, 0.3) is 0 Å². The summed E-state index contributed by atoms with van der Waals surface area (Å²) in [7, 11) is 0. The van der Waals surface area contributed by atoms with E-state index in [0.29, 0.717) is 0 Å². The van der Waals surface area contributed by atoms with E-state index in [1.165, 1.54) is 25.1 Å². The molecule has 0 aliphatic carbocycles. The van der Waals surface area contributed by atoms with Gasteiger partial charge in [-0.3, -0.25) is 14.9 Å². The van der Waals surface area contributed by atoms with Gasteiger partial charge in [0.25, 0.3) is 11.6 Å². The number of halogens is 2. The van der Waals surface area contributed by atoms with Crippen molar-refractivity contribution in [1.29, 1.82) is 0 Å². The number of carbonyl (C=O) groups is 2. The van der Waals surface area contributed by atoms with Crippen LogP contribution in [0.1, 0.15) is 15.9 Å². The Hall–Kier alpha value is -2.64. The van der Waals surface area contributed by atoms with Gasteiger partial charge in [-0.15, -0.1) is 0 Å². The first kappa shape index (κ1) is 18.7. The first-order chi connectivity index (χ1) is 11.8. The van der Waals surface area contributed by atoms with Gasteiger partial charge in [0.05, 0.1) is 26.2 Å². The van der Waals surface area contributed by atoms with E-state index >= 15 is 0 Å². The zero-order valence-electron chi connectivity index (χ0n) is 12.9. The number of benzene rings is 2. The minimum Gasteiger partial charge on any atom is -0.452 e. The number of carbonyl (C=O) groups excluding carboxylic acids is 2. The van der Waals surface area contributed by atoms with E-state index in [-0.39, 0.29) is 32.5 Å². The highest BCUT2D eigenvalue weighted by molar-refractivity contribution is 6.39. The molecule has 25 heavy (non-hydrogen) atoms. The average molecular weight is 383 g/mol. The lowest BCUT2D eigenvalue weighted by molar-refractivity contribution is -0.385. The summed E-state index contributed by atoms with van der Waals surface area (Å²) in [5, 5.41) is 13.8. The lowest BCUT2D eigenvalue weighted by Crippen LogP contribution is -2.21. The van der Waals surface area contributed by atoms with Crippen LogP contribution in [0.15, 0.2) is 36.4 Å². The monoisotopic (exact) mass is 382 g/mol. The summed E-state index contributed by atoms with van der Waals surface area (Å²) in [6.07, 6.45) is 0. The second kappa shape index (κ2) is 7.96.